The van der Waals surface area contributed by atoms with Gasteiger partial charge in [-0.15, -0.1) is 0 Å². The minimum atomic E-state index is -3.82. The Bertz CT molecular complexity index is 1570. The van der Waals surface area contributed by atoms with E-state index in [1.54, 1.807) is 6.20 Å². The van der Waals surface area contributed by atoms with Gasteiger partial charge in [-0.2, -0.15) is 0 Å². The van der Waals surface area contributed by atoms with E-state index in [9.17, 15) is 12.8 Å². The molecule has 0 saturated heterocycles. The molecule has 3 aromatic heterocycles. The molecule has 0 aliphatic carbocycles. The Labute approximate surface area is 184 Å². The molecule has 5 N–H and O–H groups in total. The third-order valence-electron chi connectivity index (χ3n) is 5.81. The fraction of sp³-hybridized carbons (Fsp3) is 0.167. The number of aromatic amines is 3. The minimum Gasteiger partial charge on any atom is -0.361 e. The van der Waals surface area contributed by atoms with Crippen LogP contribution in [0.15, 0.2) is 54.9 Å². The lowest BCUT2D eigenvalue weighted by atomic mass is 9.89. The molecule has 0 atom stereocenters. The molecule has 5 rings (SSSR count). The Hall–Kier alpha value is -3.36. The van der Waals surface area contributed by atoms with E-state index in [-0.39, 0.29) is 17.5 Å². The van der Waals surface area contributed by atoms with Gasteiger partial charge in [-0.25, -0.2) is 17.9 Å². The SMILES string of the molecule is CC(C)c1c(-c2cc(F)cc3[nH]ccc23)[nH]c(CS(N)(=O)=O)c1-c1cccc2[nH]ccc12. The van der Waals surface area contributed by atoms with Gasteiger partial charge < -0.3 is 15.0 Å². The summed E-state index contributed by atoms with van der Waals surface area (Å²) < 4.78 is 38.8. The molecule has 32 heavy (non-hydrogen) atoms. The first-order valence-corrected chi connectivity index (χ1v) is 12.0. The van der Waals surface area contributed by atoms with Crippen LogP contribution < -0.4 is 5.14 Å². The second kappa shape index (κ2) is 7.36. The standard InChI is InChI=1S/C24H23FN4O2S/c1-13(2)22-23(17-4-3-5-19-15(17)6-8-27-19)21(12-32(26,30)31)29-24(22)18-10-14(25)11-20-16(18)7-9-28-20/h3-11,13,27-29H,12H2,1-2H3,(H2,26,30,31). The summed E-state index contributed by atoms with van der Waals surface area (Å²) in [7, 11) is -3.82. The van der Waals surface area contributed by atoms with Crippen molar-refractivity contribution in [1.29, 1.82) is 0 Å². The summed E-state index contributed by atoms with van der Waals surface area (Å²) in [5.74, 6) is -0.701. The van der Waals surface area contributed by atoms with Crippen LogP contribution in [-0.2, 0) is 15.8 Å². The van der Waals surface area contributed by atoms with E-state index in [0.29, 0.717) is 22.5 Å². The predicted molar refractivity (Wildman–Crippen MR) is 126 cm³/mol. The monoisotopic (exact) mass is 450 g/mol. The maximum absolute atomic E-state index is 14.5. The van der Waals surface area contributed by atoms with Crippen molar-refractivity contribution < 1.29 is 12.8 Å². The van der Waals surface area contributed by atoms with Crippen LogP contribution in [0.3, 0.4) is 0 Å². The van der Waals surface area contributed by atoms with Gasteiger partial charge in [-0.3, -0.25) is 0 Å². The molecule has 8 heteroatoms. The van der Waals surface area contributed by atoms with Crippen LogP contribution in [-0.4, -0.2) is 23.4 Å². The normalized spacial score (nSPS) is 12.4. The van der Waals surface area contributed by atoms with Crippen LogP contribution in [0.25, 0.3) is 44.2 Å². The van der Waals surface area contributed by atoms with E-state index in [4.69, 9.17) is 5.14 Å². The highest BCUT2D eigenvalue weighted by Gasteiger charge is 2.26. The van der Waals surface area contributed by atoms with Crippen molar-refractivity contribution in [3.63, 3.8) is 0 Å². The quantitative estimate of drug-likeness (QED) is 0.289. The van der Waals surface area contributed by atoms with Crippen molar-refractivity contribution in [3.05, 3.63) is 71.9 Å². The first-order valence-electron chi connectivity index (χ1n) is 10.3. The number of fused-ring (bicyclic) bond motifs is 2. The topological polar surface area (TPSA) is 108 Å². The van der Waals surface area contributed by atoms with Crippen LogP contribution in [0.1, 0.15) is 31.0 Å². The number of rotatable bonds is 5. The van der Waals surface area contributed by atoms with E-state index in [1.165, 1.54) is 12.1 Å². The van der Waals surface area contributed by atoms with Crippen LogP contribution in [0.5, 0.6) is 0 Å². The Balaban J connectivity index is 1.90. The lowest BCUT2D eigenvalue weighted by molar-refractivity contribution is 0.596. The Morgan fingerprint density at radius 2 is 1.66 bits per heavy atom. The molecule has 0 aliphatic heterocycles. The van der Waals surface area contributed by atoms with Crippen molar-refractivity contribution in [1.82, 2.24) is 15.0 Å². The van der Waals surface area contributed by atoms with Crippen molar-refractivity contribution in [2.45, 2.75) is 25.5 Å². The van der Waals surface area contributed by atoms with Gasteiger partial charge in [0.1, 0.15) is 11.6 Å². The van der Waals surface area contributed by atoms with Gasteiger partial charge in [0.25, 0.3) is 0 Å². The van der Waals surface area contributed by atoms with Crippen LogP contribution in [0.2, 0.25) is 0 Å². The van der Waals surface area contributed by atoms with Crippen molar-refractivity contribution >= 4 is 31.8 Å². The summed E-state index contributed by atoms with van der Waals surface area (Å²) in [5, 5.41) is 7.28. The Kier molecular flexibility index (Phi) is 4.72. The lowest BCUT2D eigenvalue weighted by Gasteiger charge is -2.14. The molecule has 0 radical (unpaired) electrons. The molecule has 3 heterocycles. The molecule has 6 nitrogen and oxygen atoms in total. The van der Waals surface area contributed by atoms with Gasteiger partial charge in [-0.1, -0.05) is 26.0 Å². The lowest BCUT2D eigenvalue weighted by Crippen LogP contribution is -2.15. The molecule has 2 aromatic carbocycles. The van der Waals surface area contributed by atoms with Gasteiger partial charge >= 0.3 is 0 Å². The van der Waals surface area contributed by atoms with Crippen LogP contribution >= 0.6 is 0 Å². The van der Waals surface area contributed by atoms with Gasteiger partial charge in [0.05, 0.1) is 5.69 Å². The zero-order valence-electron chi connectivity index (χ0n) is 17.7. The third kappa shape index (κ3) is 3.41. The zero-order chi connectivity index (χ0) is 22.6. The summed E-state index contributed by atoms with van der Waals surface area (Å²) in [4.78, 5) is 9.58. The smallest absolute Gasteiger partial charge is 0.214 e. The van der Waals surface area contributed by atoms with Gasteiger partial charge in [0.2, 0.25) is 10.0 Å². The molecule has 0 spiro atoms. The minimum absolute atomic E-state index is 0.0249. The number of primary sulfonamides is 1. The number of nitrogens with two attached hydrogens (primary N) is 1. The molecule has 0 aliphatic rings. The fourth-order valence-electron chi connectivity index (χ4n) is 4.62. The molecule has 0 bridgehead atoms. The summed E-state index contributed by atoms with van der Waals surface area (Å²) in [5.41, 5.74) is 6.10. The van der Waals surface area contributed by atoms with Gasteiger partial charge in [-0.05, 0) is 47.4 Å². The third-order valence-corrected chi connectivity index (χ3v) is 6.50. The fourth-order valence-corrected chi connectivity index (χ4v) is 5.24. The summed E-state index contributed by atoms with van der Waals surface area (Å²) >= 11 is 0. The maximum Gasteiger partial charge on any atom is 0.214 e. The molecular formula is C24H23FN4O2S. The Morgan fingerprint density at radius 1 is 0.969 bits per heavy atom. The molecule has 164 valence electrons. The van der Waals surface area contributed by atoms with E-state index in [2.05, 4.69) is 15.0 Å². The van der Waals surface area contributed by atoms with Crippen molar-refractivity contribution in [3.8, 4) is 22.4 Å². The summed E-state index contributed by atoms with van der Waals surface area (Å²) in [6, 6.07) is 12.7. The number of nitrogens with one attached hydrogen (secondary N) is 3. The van der Waals surface area contributed by atoms with E-state index < -0.39 is 10.0 Å². The molecule has 5 aromatic rings. The molecule has 0 unspecified atom stereocenters. The van der Waals surface area contributed by atoms with Crippen molar-refractivity contribution in [2.75, 3.05) is 0 Å². The summed E-state index contributed by atoms with van der Waals surface area (Å²) in [6.07, 6.45) is 3.62. The first kappa shape index (κ1) is 20.5. The van der Waals surface area contributed by atoms with E-state index in [1.807, 2.05) is 50.4 Å². The average molecular weight is 451 g/mol. The molecular weight excluding hydrogens is 427 g/mol. The average Bonchev–Trinajstić information content (AvgIpc) is 3.43. The number of hydrogen-bond acceptors (Lipinski definition) is 2. The molecule has 0 saturated carbocycles. The number of hydrogen-bond donors (Lipinski definition) is 4. The molecule has 0 amide bonds. The number of sulfonamides is 1. The summed E-state index contributed by atoms with van der Waals surface area (Å²) in [6.45, 7) is 4.09. The van der Waals surface area contributed by atoms with E-state index >= 15 is 0 Å². The second-order valence-electron chi connectivity index (χ2n) is 8.37. The predicted octanol–water partition coefficient (Wildman–Crippen LogP) is 5.36. The molecule has 0 fully saturated rings. The number of H-pyrrole nitrogens is 3. The number of aromatic nitrogens is 3. The van der Waals surface area contributed by atoms with E-state index in [0.717, 1.165) is 33.0 Å². The van der Waals surface area contributed by atoms with Gasteiger partial charge in [0.15, 0.2) is 0 Å². The highest BCUT2D eigenvalue weighted by atomic mass is 32.2. The van der Waals surface area contributed by atoms with Crippen molar-refractivity contribution in [2.24, 2.45) is 5.14 Å². The largest absolute Gasteiger partial charge is 0.361 e. The zero-order valence-corrected chi connectivity index (χ0v) is 18.5. The second-order valence-corrected chi connectivity index (χ2v) is 9.98. The van der Waals surface area contributed by atoms with Gasteiger partial charge in [0, 0.05) is 51.0 Å². The Morgan fingerprint density at radius 3 is 2.34 bits per heavy atom. The maximum atomic E-state index is 14.5. The first-order chi connectivity index (χ1) is 15.2. The highest BCUT2D eigenvalue weighted by molar-refractivity contribution is 7.88. The highest BCUT2D eigenvalue weighted by Crippen LogP contribution is 2.44. The number of halogens is 1. The number of benzene rings is 2. The van der Waals surface area contributed by atoms with Crippen LogP contribution in [0.4, 0.5) is 4.39 Å². The van der Waals surface area contributed by atoms with Crippen LogP contribution in [0, 0.1) is 5.82 Å².